The molecule has 0 aliphatic carbocycles. The molecule has 0 aromatic heterocycles. The summed E-state index contributed by atoms with van der Waals surface area (Å²) in [5.74, 6) is 0. The third kappa shape index (κ3) is 3.10. The summed E-state index contributed by atoms with van der Waals surface area (Å²) in [6, 6.07) is 14.7. The van der Waals surface area contributed by atoms with E-state index in [-0.39, 0.29) is 0 Å². The van der Waals surface area contributed by atoms with Gasteiger partial charge < -0.3 is 0 Å². The van der Waals surface area contributed by atoms with Crippen LogP contribution in [0.4, 0.5) is 0 Å². The largest absolute Gasteiger partial charge is 0.103 e. The van der Waals surface area contributed by atoms with Gasteiger partial charge in [0, 0.05) is 0 Å². The maximum atomic E-state index is 3.74. The van der Waals surface area contributed by atoms with Crippen molar-refractivity contribution in [2.75, 3.05) is 0 Å². The quantitative estimate of drug-likeness (QED) is 0.581. The Morgan fingerprint density at radius 1 is 0.933 bits per heavy atom. The fourth-order valence-corrected chi connectivity index (χ4v) is 1.33. The molecule has 0 aliphatic rings. The normalized spacial score (nSPS) is 8.87. The van der Waals surface area contributed by atoms with Crippen molar-refractivity contribution in [2.24, 2.45) is 0 Å². The zero-order valence-electron chi connectivity index (χ0n) is 9.11. The SMILES string of the molecule is C=CC.C=Cc1ccc2ccccc2c1. The first-order valence-corrected chi connectivity index (χ1v) is 5.00. The zero-order chi connectivity index (χ0) is 11.1. The number of hydrogen-bond donors (Lipinski definition) is 0. The van der Waals surface area contributed by atoms with E-state index in [4.69, 9.17) is 0 Å². The zero-order valence-corrected chi connectivity index (χ0v) is 9.11. The predicted octanol–water partition coefficient (Wildman–Crippen LogP) is 4.68. The van der Waals surface area contributed by atoms with Crippen LogP contribution in [-0.2, 0) is 0 Å². The molecule has 0 atom stereocenters. The van der Waals surface area contributed by atoms with Gasteiger partial charge in [0.05, 0.1) is 0 Å². The summed E-state index contributed by atoms with van der Waals surface area (Å²) >= 11 is 0. The minimum absolute atomic E-state index is 1.17. The van der Waals surface area contributed by atoms with Crippen LogP contribution in [0, 0.1) is 0 Å². The number of benzene rings is 2. The lowest BCUT2D eigenvalue weighted by Crippen LogP contribution is -1.73. The fourth-order valence-electron chi connectivity index (χ4n) is 1.33. The molecule has 0 nitrogen and oxygen atoms in total. The molecule has 2 aromatic rings. The van der Waals surface area contributed by atoms with Gasteiger partial charge >= 0.3 is 0 Å². The van der Waals surface area contributed by atoms with Crippen LogP contribution in [0.25, 0.3) is 16.8 Å². The van der Waals surface area contributed by atoms with Crippen LogP contribution in [0.1, 0.15) is 12.5 Å². The maximum absolute atomic E-state index is 3.74. The Morgan fingerprint density at radius 2 is 1.53 bits per heavy atom. The van der Waals surface area contributed by atoms with E-state index in [1.165, 1.54) is 16.3 Å². The highest BCUT2D eigenvalue weighted by atomic mass is 14.0. The average molecular weight is 196 g/mol. The summed E-state index contributed by atoms with van der Waals surface area (Å²) in [5, 5.41) is 2.55. The Morgan fingerprint density at radius 3 is 2.13 bits per heavy atom. The first-order chi connectivity index (χ1) is 7.31. The van der Waals surface area contributed by atoms with Gasteiger partial charge in [0.2, 0.25) is 0 Å². The number of rotatable bonds is 1. The van der Waals surface area contributed by atoms with Crippen LogP contribution in [0.5, 0.6) is 0 Å². The molecule has 0 heteroatoms. The van der Waals surface area contributed by atoms with Crippen LogP contribution in [0.2, 0.25) is 0 Å². The highest BCUT2D eigenvalue weighted by Gasteiger charge is 1.90. The molecule has 0 N–H and O–H groups in total. The maximum Gasteiger partial charge on any atom is -0.0178 e. The van der Waals surface area contributed by atoms with E-state index >= 15 is 0 Å². The van der Waals surface area contributed by atoms with Gasteiger partial charge in [-0.15, -0.1) is 6.58 Å². The van der Waals surface area contributed by atoms with E-state index in [9.17, 15) is 0 Å². The van der Waals surface area contributed by atoms with Crippen molar-refractivity contribution in [2.45, 2.75) is 6.92 Å². The van der Waals surface area contributed by atoms with Crippen molar-refractivity contribution in [3.05, 3.63) is 67.3 Å². The Labute approximate surface area is 91.6 Å². The van der Waals surface area contributed by atoms with Crippen molar-refractivity contribution in [1.29, 1.82) is 0 Å². The van der Waals surface area contributed by atoms with Crippen LogP contribution < -0.4 is 0 Å². The molecule has 76 valence electrons. The molecule has 2 rings (SSSR count). The molecule has 2 aromatic carbocycles. The molecule has 0 spiro atoms. The lowest BCUT2D eigenvalue weighted by atomic mass is 10.1. The minimum atomic E-state index is 1.17. The molecule has 0 unspecified atom stereocenters. The lowest BCUT2D eigenvalue weighted by molar-refractivity contribution is 1.71. The standard InChI is InChI=1S/C12H10.C3H6/c1-2-10-7-8-11-5-3-4-6-12(11)9-10;1-3-2/h2-9H,1H2;3H,1H2,2H3. The van der Waals surface area contributed by atoms with E-state index < -0.39 is 0 Å². The smallest absolute Gasteiger partial charge is 0.0178 e. The third-order valence-electron chi connectivity index (χ3n) is 2.01. The first-order valence-electron chi connectivity index (χ1n) is 5.00. The molecule has 0 aliphatic heterocycles. The van der Waals surface area contributed by atoms with Crippen molar-refractivity contribution in [3.8, 4) is 0 Å². The summed E-state index contributed by atoms with van der Waals surface area (Å²) in [7, 11) is 0. The lowest BCUT2D eigenvalue weighted by Gasteiger charge is -1.97. The number of allylic oxidation sites excluding steroid dienone is 1. The molecule has 15 heavy (non-hydrogen) atoms. The van der Waals surface area contributed by atoms with Gasteiger partial charge in [-0.2, -0.15) is 0 Å². The molecular weight excluding hydrogens is 180 g/mol. The van der Waals surface area contributed by atoms with Gasteiger partial charge in [-0.1, -0.05) is 55.1 Å². The Kier molecular flexibility index (Phi) is 4.36. The van der Waals surface area contributed by atoms with E-state index in [0.717, 1.165) is 0 Å². The van der Waals surface area contributed by atoms with Gasteiger partial charge in [-0.05, 0) is 29.3 Å². The molecule has 0 radical (unpaired) electrons. The second-order valence-corrected chi connectivity index (χ2v) is 3.22. The molecular formula is C15H16. The highest BCUT2D eigenvalue weighted by molar-refractivity contribution is 5.84. The summed E-state index contributed by atoms with van der Waals surface area (Å²) < 4.78 is 0. The number of hydrogen-bond acceptors (Lipinski definition) is 0. The third-order valence-corrected chi connectivity index (χ3v) is 2.01. The molecule has 0 saturated heterocycles. The Bertz CT molecular complexity index is 452. The monoisotopic (exact) mass is 196 g/mol. The van der Waals surface area contributed by atoms with Crippen molar-refractivity contribution < 1.29 is 0 Å². The second-order valence-electron chi connectivity index (χ2n) is 3.22. The summed E-state index contributed by atoms with van der Waals surface area (Å²) in [6.07, 6.45) is 3.62. The number of fused-ring (bicyclic) bond motifs is 1. The Balaban J connectivity index is 0.000000337. The van der Waals surface area contributed by atoms with E-state index in [1.54, 1.807) is 6.08 Å². The van der Waals surface area contributed by atoms with Crippen molar-refractivity contribution in [3.63, 3.8) is 0 Å². The van der Waals surface area contributed by atoms with Gasteiger partial charge in [0.1, 0.15) is 0 Å². The second kappa shape index (κ2) is 5.82. The summed E-state index contributed by atoms with van der Waals surface area (Å²) in [4.78, 5) is 0. The Hall–Kier alpha value is -1.82. The van der Waals surface area contributed by atoms with E-state index in [2.05, 4.69) is 55.6 Å². The molecule has 0 fully saturated rings. The van der Waals surface area contributed by atoms with Crippen LogP contribution in [0.3, 0.4) is 0 Å². The van der Waals surface area contributed by atoms with Crippen LogP contribution >= 0.6 is 0 Å². The topological polar surface area (TPSA) is 0 Å². The first kappa shape index (κ1) is 11.3. The van der Waals surface area contributed by atoms with Crippen LogP contribution in [-0.4, -0.2) is 0 Å². The van der Waals surface area contributed by atoms with Gasteiger partial charge in [-0.3, -0.25) is 0 Å². The fraction of sp³-hybridized carbons (Fsp3) is 0.0667. The van der Waals surface area contributed by atoms with E-state index in [1.807, 2.05) is 13.0 Å². The van der Waals surface area contributed by atoms with Crippen molar-refractivity contribution in [1.82, 2.24) is 0 Å². The molecule has 0 bridgehead atoms. The van der Waals surface area contributed by atoms with Gasteiger partial charge in [0.15, 0.2) is 0 Å². The molecule has 0 amide bonds. The van der Waals surface area contributed by atoms with Crippen LogP contribution in [0.15, 0.2) is 61.7 Å². The highest BCUT2D eigenvalue weighted by Crippen LogP contribution is 2.15. The average Bonchev–Trinajstić information content (AvgIpc) is 2.29. The van der Waals surface area contributed by atoms with Gasteiger partial charge in [-0.25, -0.2) is 0 Å². The molecule has 0 heterocycles. The minimum Gasteiger partial charge on any atom is -0.103 e. The molecule has 0 saturated carbocycles. The van der Waals surface area contributed by atoms with Gasteiger partial charge in [0.25, 0.3) is 0 Å². The summed E-state index contributed by atoms with van der Waals surface area (Å²) in [5.41, 5.74) is 1.17. The van der Waals surface area contributed by atoms with Crippen molar-refractivity contribution >= 4 is 16.8 Å². The van der Waals surface area contributed by atoms with E-state index in [0.29, 0.717) is 0 Å². The predicted molar refractivity (Wildman–Crippen MR) is 69.9 cm³/mol. The summed E-state index contributed by atoms with van der Waals surface area (Å²) in [6.45, 7) is 8.99.